The normalized spacial score (nSPS) is 11.8. The molecule has 90 valence electrons. The lowest BCUT2D eigenvalue weighted by Gasteiger charge is -2.08. The Bertz CT molecular complexity index is 503. The van der Waals surface area contributed by atoms with Gasteiger partial charge in [-0.25, -0.2) is 13.6 Å². The Morgan fingerprint density at radius 3 is 2.50 bits per heavy atom. The molecular formula is C9H14N2O3S2. The minimum Gasteiger partial charge on any atom is -0.350 e. The van der Waals surface area contributed by atoms with Crippen molar-refractivity contribution in [2.75, 3.05) is 0 Å². The SMILES string of the molecule is Cc1scc(C(=O)NC(C)C)c1S(N)(=O)=O. The number of aryl methyl sites for hydroxylation is 1. The standard InChI is InChI=1S/C9H14N2O3S2/c1-5(2)11-9(12)7-4-15-6(3)8(7)16(10,13)14/h4-5H,1-3H3,(H,11,12)(H2,10,13,14). The van der Waals surface area contributed by atoms with Crippen molar-refractivity contribution in [1.29, 1.82) is 0 Å². The molecule has 1 heterocycles. The Morgan fingerprint density at radius 2 is 2.06 bits per heavy atom. The number of hydrogen-bond donors (Lipinski definition) is 2. The highest BCUT2D eigenvalue weighted by Gasteiger charge is 2.23. The van der Waals surface area contributed by atoms with E-state index in [1.165, 1.54) is 16.7 Å². The maximum atomic E-state index is 11.7. The van der Waals surface area contributed by atoms with E-state index in [2.05, 4.69) is 5.32 Å². The van der Waals surface area contributed by atoms with Crippen molar-refractivity contribution >= 4 is 27.3 Å². The third-order valence-corrected chi connectivity index (χ3v) is 4.00. The highest BCUT2D eigenvalue weighted by molar-refractivity contribution is 7.89. The molecule has 0 fully saturated rings. The van der Waals surface area contributed by atoms with Crippen LogP contribution in [0.2, 0.25) is 0 Å². The molecule has 0 spiro atoms. The van der Waals surface area contributed by atoms with Crippen molar-refractivity contribution in [3.8, 4) is 0 Å². The van der Waals surface area contributed by atoms with E-state index in [0.717, 1.165) is 0 Å². The molecule has 0 aliphatic rings. The first kappa shape index (κ1) is 13.1. The maximum Gasteiger partial charge on any atom is 0.253 e. The van der Waals surface area contributed by atoms with Crippen molar-refractivity contribution in [2.45, 2.75) is 31.7 Å². The van der Waals surface area contributed by atoms with Crippen LogP contribution < -0.4 is 10.5 Å². The van der Waals surface area contributed by atoms with Crippen LogP contribution in [0.15, 0.2) is 10.3 Å². The summed E-state index contributed by atoms with van der Waals surface area (Å²) in [6.07, 6.45) is 0. The van der Waals surface area contributed by atoms with E-state index in [0.29, 0.717) is 4.88 Å². The summed E-state index contributed by atoms with van der Waals surface area (Å²) >= 11 is 1.19. The third-order valence-electron chi connectivity index (χ3n) is 1.87. The Balaban J connectivity index is 3.22. The smallest absolute Gasteiger partial charge is 0.253 e. The number of amides is 1. The summed E-state index contributed by atoms with van der Waals surface area (Å²) < 4.78 is 22.7. The summed E-state index contributed by atoms with van der Waals surface area (Å²) in [5.74, 6) is -0.414. The zero-order valence-electron chi connectivity index (χ0n) is 9.27. The summed E-state index contributed by atoms with van der Waals surface area (Å²) in [5, 5.41) is 9.21. The lowest BCUT2D eigenvalue weighted by molar-refractivity contribution is 0.0940. The molecule has 1 aromatic heterocycles. The molecule has 3 N–H and O–H groups in total. The predicted octanol–water partition coefficient (Wildman–Crippen LogP) is 0.842. The Kier molecular flexibility index (Phi) is 3.72. The van der Waals surface area contributed by atoms with Crippen LogP contribution in [-0.4, -0.2) is 20.4 Å². The van der Waals surface area contributed by atoms with Gasteiger partial charge in [-0.3, -0.25) is 4.79 Å². The number of nitrogens with two attached hydrogens (primary N) is 1. The van der Waals surface area contributed by atoms with E-state index in [-0.39, 0.29) is 16.5 Å². The first-order chi connectivity index (χ1) is 7.23. The second-order valence-electron chi connectivity index (χ2n) is 3.71. The lowest BCUT2D eigenvalue weighted by Crippen LogP contribution is -2.31. The molecule has 1 rings (SSSR count). The largest absolute Gasteiger partial charge is 0.350 e. The zero-order chi connectivity index (χ0) is 12.5. The van der Waals surface area contributed by atoms with Crippen molar-refractivity contribution in [2.24, 2.45) is 5.14 Å². The molecule has 7 heteroatoms. The molecule has 0 aromatic carbocycles. The van der Waals surface area contributed by atoms with Crippen LogP contribution in [0, 0.1) is 6.92 Å². The van der Waals surface area contributed by atoms with Crippen molar-refractivity contribution < 1.29 is 13.2 Å². The van der Waals surface area contributed by atoms with Gasteiger partial charge < -0.3 is 5.32 Å². The lowest BCUT2D eigenvalue weighted by atomic mass is 10.2. The highest BCUT2D eigenvalue weighted by atomic mass is 32.2. The van der Waals surface area contributed by atoms with Crippen LogP contribution in [0.4, 0.5) is 0 Å². The average Bonchev–Trinajstić information content (AvgIpc) is 2.44. The molecule has 0 saturated carbocycles. The minimum absolute atomic E-state index is 0.0546. The Morgan fingerprint density at radius 1 is 1.50 bits per heavy atom. The van der Waals surface area contributed by atoms with E-state index in [1.54, 1.807) is 20.8 Å². The van der Waals surface area contributed by atoms with Crippen LogP contribution in [0.1, 0.15) is 29.1 Å². The van der Waals surface area contributed by atoms with Gasteiger partial charge in [-0.05, 0) is 20.8 Å². The molecule has 0 aliphatic carbocycles. The van der Waals surface area contributed by atoms with Crippen molar-refractivity contribution in [3.05, 3.63) is 15.8 Å². The zero-order valence-corrected chi connectivity index (χ0v) is 10.9. The predicted molar refractivity (Wildman–Crippen MR) is 63.0 cm³/mol. The monoisotopic (exact) mass is 262 g/mol. The van der Waals surface area contributed by atoms with Crippen LogP contribution in [0.3, 0.4) is 0 Å². The number of nitrogens with one attached hydrogen (secondary N) is 1. The van der Waals surface area contributed by atoms with Crippen LogP contribution >= 0.6 is 11.3 Å². The van der Waals surface area contributed by atoms with E-state index >= 15 is 0 Å². The first-order valence-corrected chi connectivity index (χ1v) is 7.08. The number of hydrogen-bond acceptors (Lipinski definition) is 4. The van der Waals surface area contributed by atoms with Gasteiger partial charge in [-0.15, -0.1) is 11.3 Å². The summed E-state index contributed by atoms with van der Waals surface area (Å²) in [5.41, 5.74) is 0.124. The summed E-state index contributed by atoms with van der Waals surface area (Å²) in [6.45, 7) is 5.22. The van der Waals surface area contributed by atoms with Crippen molar-refractivity contribution in [1.82, 2.24) is 5.32 Å². The minimum atomic E-state index is -3.85. The van der Waals surface area contributed by atoms with E-state index in [1.807, 2.05) is 0 Å². The van der Waals surface area contributed by atoms with Gasteiger partial charge in [0.05, 0.1) is 5.56 Å². The summed E-state index contributed by atoms with van der Waals surface area (Å²) in [7, 11) is -3.85. The van der Waals surface area contributed by atoms with Crippen LogP contribution in [0.5, 0.6) is 0 Å². The van der Waals surface area contributed by atoms with E-state index in [4.69, 9.17) is 5.14 Å². The number of primary sulfonamides is 1. The molecule has 0 unspecified atom stereocenters. The van der Waals surface area contributed by atoms with E-state index in [9.17, 15) is 13.2 Å². The molecule has 0 aliphatic heterocycles. The topological polar surface area (TPSA) is 89.3 Å². The first-order valence-electron chi connectivity index (χ1n) is 4.65. The summed E-state index contributed by atoms with van der Waals surface area (Å²) in [6, 6.07) is -0.0546. The van der Waals surface area contributed by atoms with Gasteiger partial charge in [0.25, 0.3) is 5.91 Å². The molecule has 0 saturated heterocycles. The Labute approximate surface area is 98.7 Å². The molecule has 5 nitrogen and oxygen atoms in total. The van der Waals surface area contributed by atoms with Gasteiger partial charge in [-0.1, -0.05) is 0 Å². The number of rotatable bonds is 3. The molecule has 1 amide bonds. The molecule has 0 atom stereocenters. The molecule has 0 bridgehead atoms. The number of carbonyl (C=O) groups excluding carboxylic acids is 1. The van der Waals surface area contributed by atoms with Crippen LogP contribution in [-0.2, 0) is 10.0 Å². The second-order valence-corrected chi connectivity index (χ2v) is 6.29. The van der Waals surface area contributed by atoms with Crippen LogP contribution in [0.25, 0.3) is 0 Å². The van der Waals surface area contributed by atoms with Crippen molar-refractivity contribution in [3.63, 3.8) is 0 Å². The molecule has 16 heavy (non-hydrogen) atoms. The third kappa shape index (κ3) is 2.81. The van der Waals surface area contributed by atoms with E-state index < -0.39 is 15.9 Å². The van der Waals surface area contributed by atoms with Gasteiger partial charge in [-0.2, -0.15) is 0 Å². The van der Waals surface area contributed by atoms with Gasteiger partial charge in [0.15, 0.2) is 0 Å². The molecular weight excluding hydrogens is 248 g/mol. The fraction of sp³-hybridized carbons (Fsp3) is 0.444. The van der Waals surface area contributed by atoms with Gasteiger partial charge in [0.1, 0.15) is 4.90 Å². The Hall–Kier alpha value is -0.920. The fourth-order valence-corrected chi connectivity index (χ4v) is 3.46. The summed E-state index contributed by atoms with van der Waals surface area (Å²) in [4.78, 5) is 12.2. The fourth-order valence-electron chi connectivity index (χ4n) is 1.29. The number of thiophene rings is 1. The average molecular weight is 262 g/mol. The van der Waals surface area contributed by atoms with Gasteiger partial charge in [0, 0.05) is 16.3 Å². The van der Waals surface area contributed by atoms with Gasteiger partial charge in [0.2, 0.25) is 10.0 Å². The number of carbonyl (C=O) groups is 1. The second kappa shape index (κ2) is 4.52. The number of sulfonamides is 1. The van der Waals surface area contributed by atoms with Gasteiger partial charge >= 0.3 is 0 Å². The molecule has 1 aromatic rings. The highest BCUT2D eigenvalue weighted by Crippen LogP contribution is 2.25. The quantitative estimate of drug-likeness (QED) is 0.846. The molecule has 0 radical (unpaired) electrons. The maximum absolute atomic E-state index is 11.7.